The molecule has 1 aliphatic heterocycles. The molecule has 0 N–H and O–H groups in total. The Hall–Kier alpha value is -1.64. The summed E-state index contributed by atoms with van der Waals surface area (Å²) in [6.07, 6.45) is 4.53. The number of aromatic nitrogens is 1. The average Bonchev–Trinajstić information content (AvgIpc) is 2.49. The van der Waals surface area contributed by atoms with Gasteiger partial charge in [0.15, 0.2) is 11.9 Å². The zero-order chi connectivity index (χ0) is 9.26. The van der Waals surface area contributed by atoms with Crippen LogP contribution in [-0.2, 0) is 9.53 Å². The van der Waals surface area contributed by atoms with Crippen molar-refractivity contribution < 1.29 is 9.53 Å². The summed E-state index contributed by atoms with van der Waals surface area (Å²) in [4.78, 5) is 15.0. The van der Waals surface area contributed by atoms with E-state index in [1.807, 2.05) is 12.1 Å². The van der Waals surface area contributed by atoms with Crippen LogP contribution in [0.15, 0.2) is 30.6 Å². The van der Waals surface area contributed by atoms with Gasteiger partial charge in [0.2, 0.25) is 0 Å². The predicted molar refractivity (Wildman–Crippen MR) is 47.8 cm³/mol. The summed E-state index contributed by atoms with van der Waals surface area (Å²) < 4.78 is 5.34. The topological polar surface area (TPSA) is 39.2 Å². The van der Waals surface area contributed by atoms with E-state index in [-0.39, 0.29) is 11.9 Å². The lowest BCUT2D eigenvalue weighted by molar-refractivity contribution is -0.119. The highest BCUT2D eigenvalue weighted by atomic mass is 16.5. The van der Waals surface area contributed by atoms with Gasteiger partial charge >= 0.3 is 0 Å². The number of carbonyl (C=O) groups is 1. The zero-order valence-corrected chi connectivity index (χ0v) is 7.23. The first kappa shape index (κ1) is 7.98. The zero-order valence-electron chi connectivity index (χ0n) is 7.23. The molecule has 3 nitrogen and oxygen atoms in total. The Bertz CT molecular complexity index is 356. The average molecular weight is 175 g/mol. The monoisotopic (exact) mass is 175 g/mol. The van der Waals surface area contributed by atoms with Crippen molar-refractivity contribution in [2.45, 2.75) is 13.0 Å². The second-order valence-corrected chi connectivity index (χ2v) is 2.91. The smallest absolute Gasteiger partial charge is 0.199 e. The van der Waals surface area contributed by atoms with Gasteiger partial charge in [0.1, 0.15) is 5.76 Å². The van der Waals surface area contributed by atoms with Crippen LogP contribution >= 0.6 is 0 Å². The maximum Gasteiger partial charge on any atom is 0.199 e. The molecule has 2 heterocycles. The fourth-order valence-corrected chi connectivity index (χ4v) is 1.20. The molecule has 0 radical (unpaired) electrons. The number of ether oxygens (including phenoxy) is 1. The van der Waals surface area contributed by atoms with Gasteiger partial charge in [-0.2, -0.15) is 0 Å². The highest BCUT2D eigenvalue weighted by Crippen LogP contribution is 2.22. The predicted octanol–water partition coefficient (Wildman–Crippen LogP) is 1.41. The Balaban J connectivity index is 2.30. The third kappa shape index (κ3) is 1.45. The quantitative estimate of drug-likeness (QED) is 0.647. The van der Waals surface area contributed by atoms with E-state index in [1.54, 1.807) is 19.3 Å². The van der Waals surface area contributed by atoms with Gasteiger partial charge in [0, 0.05) is 24.0 Å². The lowest BCUT2D eigenvalue weighted by atomic mass is 10.2. The van der Waals surface area contributed by atoms with Crippen LogP contribution in [0.5, 0.6) is 0 Å². The van der Waals surface area contributed by atoms with Crippen molar-refractivity contribution in [1.82, 2.24) is 4.98 Å². The number of ketones is 1. The van der Waals surface area contributed by atoms with Gasteiger partial charge in [-0.25, -0.2) is 0 Å². The lowest BCUT2D eigenvalue weighted by Crippen LogP contribution is -2.09. The highest BCUT2D eigenvalue weighted by Gasteiger charge is 2.22. The van der Waals surface area contributed by atoms with Crippen molar-refractivity contribution in [2.24, 2.45) is 0 Å². The molecule has 0 bridgehead atoms. The number of hydrogen-bond acceptors (Lipinski definition) is 3. The highest BCUT2D eigenvalue weighted by molar-refractivity contribution is 6.02. The minimum absolute atomic E-state index is 0.0202. The first-order valence-electron chi connectivity index (χ1n) is 4.10. The summed E-state index contributed by atoms with van der Waals surface area (Å²) in [5.41, 5.74) is 0.896. The molecular weight excluding hydrogens is 166 g/mol. The standard InChI is InChI=1S/C10H9NO2/c1-7-9(12)6-10(13-7)8-2-4-11-5-3-8/h2-7H,1H3. The summed E-state index contributed by atoms with van der Waals surface area (Å²) >= 11 is 0. The number of pyridine rings is 1. The molecule has 1 aliphatic rings. The van der Waals surface area contributed by atoms with Gasteiger partial charge < -0.3 is 4.74 Å². The summed E-state index contributed by atoms with van der Waals surface area (Å²) in [5, 5.41) is 0. The summed E-state index contributed by atoms with van der Waals surface area (Å²) in [6, 6.07) is 3.63. The van der Waals surface area contributed by atoms with E-state index in [1.165, 1.54) is 6.08 Å². The number of rotatable bonds is 1. The van der Waals surface area contributed by atoms with Crippen molar-refractivity contribution in [3.63, 3.8) is 0 Å². The molecule has 1 unspecified atom stereocenters. The van der Waals surface area contributed by atoms with Gasteiger partial charge in [-0.3, -0.25) is 9.78 Å². The Labute approximate surface area is 76.1 Å². The molecule has 13 heavy (non-hydrogen) atoms. The number of nitrogens with zero attached hydrogens (tertiary/aromatic N) is 1. The largest absolute Gasteiger partial charge is 0.482 e. The van der Waals surface area contributed by atoms with Gasteiger partial charge in [-0.1, -0.05) is 0 Å². The Morgan fingerprint density at radius 2 is 2.08 bits per heavy atom. The molecule has 66 valence electrons. The van der Waals surface area contributed by atoms with Crippen LogP contribution in [0.25, 0.3) is 5.76 Å². The van der Waals surface area contributed by atoms with E-state index < -0.39 is 0 Å². The third-order valence-corrected chi connectivity index (χ3v) is 1.94. The van der Waals surface area contributed by atoms with Crippen LogP contribution in [0, 0.1) is 0 Å². The molecule has 0 aromatic carbocycles. The van der Waals surface area contributed by atoms with Crippen molar-refractivity contribution in [3.05, 3.63) is 36.2 Å². The van der Waals surface area contributed by atoms with Crippen LogP contribution in [0.3, 0.4) is 0 Å². The third-order valence-electron chi connectivity index (χ3n) is 1.94. The van der Waals surface area contributed by atoms with Crippen molar-refractivity contribution in [1.29, 1.82) is 0 Å². The molecule has 2 rings (SSSR count). The van der Waals surface area contributed by atoms with Gasteiger partial charge in [-0.15, -0.1) is 0 Å². The molecule has 0 saturated carbocycles. The van der Waals surface area contributed by atoms with Crippen LogP contribution in [0.2, 0.25) is 0 Å². The fourth-order valence-electron chi connectivity index (χ4n) is 1.20. The van der Waals surface area contributed by atoms with Crippen LogP contribution in [0.4, 0.5) is 0 Å². The number of carbonyl (C=O) groups excluding carboxylic acids is 1. The normalized spacial score (nSPS) is 21.2. The second-order valence-electron chi connectivity index (χ2n) is 2.91. The molecule has 3 heteroatoms. The molecular formula is C10H9NO2. The molecule has 1 aromatic rings. The summed E-state index contributed by atoms with van der Waals surface area (Å²) in [7, 11) is 0. The lowest BCUT2D eigenvalue weighted by Gasteiger charge is -2.05. The Morgan fingerprint density at radius 1 is 1.38 bits per heavy atom. The summed E-state index contributed by atoms with van der Waals surface area (Å²) in [6.45, 7) is 1.74. The fraction of sp³-hybridized carbons (Fsp3) is 0.200. The van der Waals surface area contributed by atoms with E-state index in [9.17, 15) is 4.79 Å². The summed E-state index contributed by atoms with van der Waals surface area (Å²) in [5.74, 6) is 0.659. The van der Waals surface area contributed by atoms with Crippen LogP contribution in [-0.4, -0.2) is 16.9 Å². The SMILES string of the molecule is CC1OC(c2ccncc2)=CC1=O. The van der Waals surface area contributed by atoms with E-state index >= 15 is 0 Å². The second kappa shape index (κ2) is 3.01. The van der Waals surface area contributed by atoms with Crippen molar-refractivity contribution >= 4 is 11.5 Å². The van der Waals surface area contributed by atoms with Gasteiger partial charge in [0.05, 0.1) is 0 Å². The first-order chi connectivity index (χ1) is 6.27. The van der Waals surface area contributed by atoms with E-state index in [0.717, 1.165) is 5.56 Å². The minimum atomic E-state index is -0.344. The van der Waals surface area contributed by atoms with Gasteiger partial charge in [-0.05, 0) is 19.1 Å². The number of hydrogen-bond donors (Lipinski definition) is 0. The van der Waals surface area contributed by atoms with E-state index in [4.69, 9.17) is 4.74 Å². The first-order valence-corrected chi connectivity index (χ1v) is 4.10. The van der Waals surface area contributed by atoms with E-state index in [2.05, 4.69) is 4.98 Å². The van der Waals surface area contributed by atoms with Gasteiger partial charge in [0.25, 0.3) is 0 Å². The van der Waals surface area contributed by atoms with Crippen LogP contribution in [0.1, 0.15) is 12.5 Å². The maximum absolute atomic E-state index is 11.1. The molecule has 0 aliphatic carbocycles. The molecule has 0 fully saturated rings. The molecule has 1 aromatic heterocycles. The molecule has 1 atom stereocenters. The Kier molecular flexibility index (Phi) is 1.85. The molecule has 0 amide bonds. The molecule has 0 saturated heterocycles. The van der Waals surface area contributed by atoms with E-state index in [0.29, 0.717) is 5.76 Å². The minimum Gasteiger partial charge on any atom is -0.482 e. The van der Waals surface area contributed by atoms with Crippen molar-refractivity contribution in [3.8, 4) is 0 Å². The maximum atomic E-state index is 11.1. The Morgan fingerprint density at radius 3 is 2.62 bits per heavy atom. The van der Waals surface area contributed by atoms with Crippen molar-refractivity contribution in [2.75, 3.05) is 0 Å². The molecule has 0 spiro atoms. The van der Waals surface area contributed by atoms with Crippen LogP contribution < -0.4 is 0 Å².